The summed E-state index contributed by atoms with van der Waals surface area (Å²) in [6.45, 7) is 10.5. The fourth-order valence-corrected chi connectivity index (χ4v) is 5.79. The fraction of sp³-hybridized carbons (Fsp3) is 0.621. The van der Waals surface area contributed by atoms with Gasteiger partial charge in [-0.15, -0.1) is 0 Å². The van der Waals surface area contributed by atoms with E-state index in [0.29, 0.717) is 12.5 Å². The van der Waals surface area contributed by atoms with E-state index in [2.05, 4.69) is 43.2 Å². The molecule has 0 aromatic carbocycles. The van der Waals surface area contributed by atoms with Crippen LogP contribution in [0.15, 0.2) is 36.5 Å². The van der Waals surface area contributed by atoms with E-state index in [1.54, 1.807) is 0 Å². The topological polar surface area (TPSA) is 73.8 Å². The first-order valence-corrected chi connectivity index (χ1v) is 14.2. The monoisotopic (exact) mass is 506 g/mol. The number of nitrogens with zero attached hydrogens (tertiary/aromatic N) is 5. The number of anilines is 2. The normalized spacial score (nSPS) is 23.2. The molecule has 0 unspecified atom stereocenters. The van der Waals surface area contributed by atoms with Crippen LogP contribution in [0.4, 0.5) is 11.6 Å². The summed E-state index contributed by atoms with van der Waals surface area (Å²) in [7, 11) is 0. The third kappa shape index (κ3) is 6.99. The van der Waals surface area contributed by atoms with Crippen molar-refractivity contribution in [1.29, 1.82) is 0 Å². The third-order valence-electron chi connectivity index (χ3n) is 8.18. The fourth-order valence-electron chi connectivity index (χ4n) is 5.79. The van der Waals surface area contributed by atoms with E-state index in [1.807, 2.05) is 25.3 Å². The van der Waals surface area contributed by atoms with Gasteiger partial charge in [0, 0.05) is 63.5 Å². The van der Waals surface area contributed by atoms with Gasteiger partial charge in [-0.3, -0.25) is 14.7 Å². The van der Waals surface area contributed by atoms with Gasteiger partial charge in [-0.25, -0.2) is 4.98 Å². The molecule has 5 rings (SSSR count). The molecule has 2 aliphatic heterocycles. The summed E-state index contributed by atoms with van der Waals surface area (Å²) in [5.41, 5.74) is 2.11. The average molecular weight is 507 g/mol. The summed E-state index contributed by atoms with van der Waals surface area (Å²) in [6.07, 6.45) is 8.46. The van der Waals surface area contributed by atoms with Crippen molar-refractivity contribution in [1.82, 2.24) is 20.2 Å². The predicted molar refractivity (Wildman–Crippen MR) is 148 cm³/mol. The number of carbonyl (C=O) groups excluding carboxylic acids is 1. The molecule has 0 atom stereocenters. The quantitative estimate of drug-likeness (QED) is 0.587. The van der Waals surface area contributed by atoms with Gasteiger partial charge >= 0.3 is 0 Å². The van der Waals surface area contributed by atoms with Crippen molar-refractivity contribution in [2.24, 2.45) is 5.92 Å². The van der Waals surface area contributed by atoms with Crippen LogP contribution < -0.4 is 15.1 Å². The second-order valence-corrected chi connectivity index (χ2v) is 10.6. The molecule has 4 heterocycles. The molecule has 0 spiro atoms. The number of aromatic nitrogens is 2. The summed E-state index contributed by atoms with van der Waals surface area (Å²) in [6, 6.07) is 10.9. The van der Waals surface area contributed by atoms with Crippen molar-refractivity contribution in [3.63, 3.8) is 0 Å². The summed E-state index contributed by atoms with van der Waals surface area (Å²) >= 11 is 0. The molecular weight excluding hydrogens is 464 g/mol. The Bertz CT molecular complexity index is 997. The van der Waals surface area contributed by atoms with Crippen LogP contribution in [-0.2, 0) is 9.53 Å². The van der Waals surface area contributed by atoms with Crippen molar-refractivity contribution in [2.45, 2.75) is 51.5 Å². The van der Waals surface area contributed by atoms with Gasteiger partial charge in [0.05, 0.1) is 18.9 Å². The number of carbonyl (C=O) groups is 1. The van der Waals surface area contributed by atoms with Crippen LogP contribution in [0, 0.1) is 5.92 Å². The Morgan fingerprint density at radius 2 is 1.68 bits per heavy atom. The van der Waals surface area contributed by atoms with Crippen molar-refractivity contribution in [3.8, 4) is 11.3 Å². The van der Waals surface area contributed by atoms with Crippen molar-refractivity contribution in [2.75, 3.05) is 68.8 Å². The third-order valence-corrected chi connectivity index (χ3v) is 8.18. The molecule has 8 heteroatoms. The van der Waals surface area contributed by atoms with Crippen molar-refractivity contribution >= 4 is 17.5 Å². The first-order chi connectivity index (χ1) is 18.2. The molecule has 2 aromatic rings. The smallest absolute Gasteiger partial charge is 0.219 e. The Morgan fingerprint density at radius 1 is 0.973 bits per heavy atom. The van der Waals surface area contributed by atoms with Crippen molar-refractivity contribution < 1.29 is 9.53 Å². The van der Waals surface area contributed by atoms with Crippen LogP contribution in [0.5, 0.6) is 0 Å². The Balaban J connectivity index is 1.16. The molecule has 2 saturated heterocycles. The number of piperazine rings is 1. The van der Waals surface area contributed by atoms with Crippen molar-refractivity contribution in [3.05, 3.63) is 36.5 Å². The minimum Gasteiger partial charge on any atom is -0.378 e. The van der Waals surface area contributed by atoms with Crippen LogP contribution in [0.1, 0.15) is 45.4 Å². The highest BCUT2D eigenvalue weighted by Gasteiger charge is 2.25. The maximum absolute atomic E-state index is 11.7. The van der Waals surface area contributed by atoms with E-state index < -0.39 is 0 Å². The minimum absolute atomic E-state index is 0.193. The SMILES string of the molecule is CCC(=O)NC1CCC(CCN2CCN(c3cc(-c4ccccn4)cc(N4CCOCC4)n3)CC2)CC1. The molecule has 1 amide bonds. The van der Waals surface area contributed by atoms with Crippen LogP contribution in [0.25, 0.3) is 11.3 Å². The number of nitrogens with one attached hydrogen (secondary N) is 1. The van der Waals surface area contributed by atoms with E-state index in [-0.39, 0.29) is 5.91 Å². The maximum Gasteiger partial charge on any atom is 0.219 e. The van der Waals surface area contributed by atoms with Gasteiger partial charge in [0.25, 0.3) is 0 Å². The molecular formula is C29H42N6O2. The molecule has 0 bridgehead atoms. The Morgan fingerprint density at radius 3 is 2.32 bits per heavy atom. The molecule has 3 aliphatic rings. The summed E-state index contributed by atoms with van der Waals surface area (Å²) in [4.78, 5) is 28.8. The van der Waals surface area contributed by atoms with Crippen LogP contribution in [-0.4, -0.2) is 85.8 Å². The molecule has 0 radical (unpaired) electrons. The van der Waals surface area contributed by atoms with Gasteiger partial charge in [-0.1, -0.05) is 13.0 Å². The minimum atomic E-state index is 0.193. The van der Waals surface area contributed by atoms with E-state index in [9.17, 15) is 4.79 Å². The average Bonchev–Trinajstić information content (AvgIpc) is 2.97. The number of rotatable bonds is 8. The van der Waals surface area contributed by atoms with Gasteiger partial charge in [0.1, 0.15) is 11.6 Å². The van der Waals surface area contributed by atoms with Gasteiger partial charge in [0.2, 0.25) is 5.91 Å². The maximum atomic E-state index is 11.7. The Hall–Kier alpha value is -2.71. The Kier molecular flexibility index (Phi) is 8.89. The predicted octanol–water partition coefficient (Wildman–Crippen LogP) is 3.58. The highest BCUT2D eigenvalue weighted by atomic mass is 16.5. The van der Waals surface area contributed by atoms with Gasteiger partial charge < -0.3 is 19.9 Å². The lowest BCUT2D eigenvalue weighted by Crippen LogP contribution is -2.47. The van der Waals surface area contributed by atoms with Crippen LogP contribution >= 0.6 is 0 Å². The zero-order valence-electron chi connectivity index (χ0n) is 22.3. The zero-order chi connectivity index (χ0) is 25.5. The van der Waals surface area contributed by atoms with E-state index >= 15 is 0 Å². The molecule has 8 nitrogen and oxygen atoms in total. The summed E-state index contributed by atoms with van der Waals surface area (Å²) < 4.78 is 5.57. The first-order valence-electron chi connectivity index (χ1n) is 14.2. The zero-order valence-corrected chi connectivity index (χ0v) is 22.3. The standard InChI is InChI=1S/C29H42N6O2/c1-2-29(36)31-25-8-6-23(7-9-25)10-12-33-13-15-34(16-14-33)27-21-24(26-5-3-4-11-30-26)22-28(32-27)35-17-19-37-20-18-35/h3-5,11,21-23,25H,2,6-10,12-20H2,1H3,(H,31,36). The molecule has 1 aliphatic carbocycles. The van der Waals surface area contributed by atoms with Crippen LogP contribution in [0.2, 0.25) is 0 Å². The lowest BCUT2D eigenvalue weighted by atomic mass is 9.84. The second kappa shape index (κ2) is 12.7. The number of ether oxygens (including phenoxy) is 1. The summed E-state index contributed by atoms with van der Waals surface area (Å²) in [5.74, 6) is 3.06. The molecule has 1 saturated carbocycles. The lowest BCUT2D eigenvalue weighted by Gasteiger charge is -2.37. The van der Waals surface area contributed by atoms with Gasteiger partial charge in [-0.2, -0.15) is 0 Å². The number of hydrogen-bond donors (Lipinski definition) is 1. The Labute approximate surface area is 221 Å². The van der Waals surface area contributed by atoms with Gasteiger partial charge in [0.15, 0.2) is 0 Å². The molecule has 2 aromatic heterocycles. The number of pyridine rings is 2. The van der Waals surface area contributed by atoms with E-state index in [4.69, 9.17) is 9.72 Å². The largest absolute Gasteiger partial charge is 0.378 e. The lowest BCUT2D eigenvalue weighted by molar-refractivity contribution is -0.121. The summed E-state index contributed by atoms with van der Waals surface area (Å²) in [5, 5.41) is 3.18. The molecule has 200 valence electrons. The first kappa shape index (κ1) is 25.9. The number of morpholine rings is 1. The van der Waals surface area contributed by atoms with E-state index in [1.165, 1.54) is 25.8 Å². The number of amides is 1. The highest BCUT2D eigenvalue weighted by Crippen LogP contribution is 2.29. The highest BCUT2D eigenvalue weighted by molar-refractivity contribution is 5.75. The molecule has 1 N–H and O–H groups in total. The van der Waals surface area contributed by atoms with Crippen LogP contribution in [0.3, 0.4) is 0 Å². The molecule has 37 heavy (non-hydrogen) atoms. The van der Waals surface area contributed by atoms with Gasteiger partial charge in [-0.05, 0) is 68.8 Å². The molecule has 3 fully saturated rings. The van der Waals surface area contributed by atoms with E-state index in [0.717, 1.165) is 94.1 Å². The second-order valence-electron chi connectivity index (χ2n) is 10.6. The number of hydrogen-bond acceptors (Lipinski definition) is 7.